The van der Waals surface area contributed by atoms with E-state index in [-0.39, 0.29) is 23.8 Å². The molecule has 0 saturated carbocycles. The second-order valence-electron chi connectivity index (χ2n) is 10.3. The summed E-state index contributed by atoms with van der Waals surface area (Å²) in [7, 11) is 0. The molecular weight excluding hydrogens is 561 g/mol. The second-order valence-corrected chi connectivity index (χ2v) is 10.7. The Morgan fingerprint density at radius 2 is 1.88 bits per heavy atom. The van der Waals surface area contributed by atoms with Gasteiger partial charge in [-0.1, -0.05) is 41.9 Å². The summed E-state index contributed by atoms with van der Waals surface area (Å²) in [5.41, 5.74) is 3.70. The number of nitrogens with zero attached hydrogens (tertiary/aromatic N) is 4. The minimum Gasteiger partial charge on any atom is -0.490 e. The van der Waals surface area contributed by atoms with Crippen molar-refractivity contribution in [2.75, 3.05) is 57.9 Å². The van der Waals surface area contributed by atoms with Crippen molar-refractivity contribution in [2.45, 2.75) is 12.6 Å². The fourth-order valence-corrected chi connectivity index (χ4v) is 5.23. The third-order valence-electron chi connectivity index (χ3n) is 7.40. The Morgan fingerprint density at radius 3 is 2.67 bits per heavy atom. The lowest BCUT2D eigenvalue weighted by atomic mass is 10.0. The highest BCUT2D eigenvalue weighted by atomic mass is 35.5. The highest BCUT2D eigenvalue weighted by Gasteiger charge is 2.32. The minimum absolute atomic E-state index is 0.00154. The Morgan fingerprint density at radius 1 is 1.07 bits per heavy atom. The maximum Gasteiger partial charge on any atom is 0.410 e. The molecule has 2 aliphatic heterocycles. The number of likely N-dealkylation sites (tertiary alicyclic amines) is 1. The van der Waals surface area contributed by atoms with Gasteiger partial charge in [-0.2, -0.15) is 0 Å². The molecule has 0 spiro atoms. The van der Waals surface area contributed by atoms with Crippen LogP contribution in [0.1, 0.15) is 5.56 Å². The van der Waals surface area contributed by atoms with E-state index in [1.54, 1.807) is 17.0 Å². The number of aromatic nitrogens is 2. The van der Waals surface area contributed by atoms with Crippen LogP contribution >= 0.6 is 11.6 Å². The molecule has 0 aliphatic carbocycles. The van der Waals surface area contributed by atoms with Gasteiger partial charge < -0.3 is 24.4 Å². The van der Waals surface area contributed by atoms with Gasteiger partial charge in [0, 0.05) is 49.7 Å². The van der Waals surface area contributed by atoms with Crippen LogP contribution in [0.4, 0.5) is 14.9 Å². The van der Waals surface area contributed by atoms with E-state index in [0.29, 0.717) is 42.2 Å². The first-order valence-electron chi connectivity index (χ1n) is 13.9. The molecule has 9 nitrogen and oxygen atoms in total. The molecule has 3 heterocycles. The van der Waals surface area contributed by atoms with Crippen LogP contribution in [0.15, 0.2) is 67.0 Å². The van der Waals surface area contributed by atoms with Gasteiger partial charge in [-0.15, -0.1) is 0 Å². The van der Waals surface area contributed by atoms with Crippen molar-refractivity contribution < 1.29 is 23.4 Å². The fraction of sp³-hybridized carbons (Fsp3) is 0.323. The standard InChI is InChI=1S/C31H31ClFN5O4/c32-25-14-22(6-7-26(25)33)30-24-15-28(36-23-17-38(18-23)31(39)42-19-21-4-2-1-3-5-21)29(16-27(24)34-20-35-30)41-13-10-37-8-11-40-12-9-37/h1-7,14-16,20,23,36H,8-13,17-19H2. The van der Waals surface area contributed by atoms with E-state index in [1.807, 2.05) is 42.5 Å². The van der Waals surface area contributed by atoms with Crippen molar-refractivity contribution in [1.29, 1.82) is 0 Å². The molecule has 218 valence electrons. The topological polar surface area (TPSA) is 89.0 Å². The zero-order chi connectivity index (χ0) is 28.9. The molecule has 2 saturated heterocycles. The van der Waals surface area contributed by atoms with Gasteiger partial charge in [-0.05, 0) is 29.8 Å². The van der Waals surface area contributed by atoms with Crippen molar-refractivity contribution in [3.05, 3.63) is 83.4 Å². The molecule has 0 atom stereocenters. The molecule has 3 aromatic carbocycles. The lowest BCUT2D eigenvalue weighted by molar-refractivity contribution is 0.0323. The Bertz CT molecular complexity index is 1550. The zero-order valence-electron chi connectivity index (χ0n) is 23.0. The second kappa shape index (κ2) is 12.9. The number of hydrogen-bond donors (Lipinski definition) is 1. The molecule has 0 bridgehead atoms. The average molecular weight is 592 g/mol. The zero-order valence-corrected chi connectivity index (χ0v) is 23.7. The van der Waals surface area contributed by atoms with Gasteiger partial charge in [0.1, 0.15) is 31.1 Å². The quantitative estimate of drug-likeness (QED) is 0.283. The predicted octanol–water partition coefficient (Wildman–Crippen LogP) is 5.23. The first-order valence-corrected chi connectivity index (χ1v) is 14.3. The maximum atomic E-state index is 13.9. The summed E-state index contributed by atoms with van der Waals surface area (Å²) in [6, 6.07) is 18.0. The van der Waals surface area contributed by atoms with Crippen LogP contribution in [0, 0.1) is 5.82 Å². The van der Waals surface area contributed by atoms with Crippen molar-refractivity contribution >= 4 is 34.3 Å². The van der Waals surface area contributed by atoms with E-state index in [2.05, 4.69) is 20.2 Å². The van der Waals surface area contributed by atoms with Gasteiger partial charge in [0.2, 0.25) is 0 Å². The molecule has 4 aromatic rings. The first kappa shape index (κ1) is 28.1. The molecule has 42 heavy (non-hydrogen) atoms. The van der Waals surface area contributed by atoms with Crippen LogP contribution in [0.3, 0.4) is 0 Å². The summed E-state index contributed by atoms with van der Waals surface area (Å²) in [4.78, 5) is 25.5. The summed E-state index contributed by atoms with van der Waals surface area (Å²) in [6.07, 6.45) is 1.13. The van der Waals surface area contributed by atoms with Gasteiger partial charge in [0.05, 0.1) is 41.2 Å². The van der Waals surface area contributed by atoms with Crippen LogP contribution in [0.2, 0.25) is 5.02 Å². The molecule has 6 rings (SSSR count). The van der Waals surface area contributed by atoms with E-state index < -0.39 is 5.82 Å². The van der Waals surface area contributed by atoms with Crippen molar-refractivity contribution in [1.82, 2.24) is 19.8 Å². The number of fused-ring (bicyclic) bond motifs is 1. The van der Waals surface area contributed by atoms with E-state index >= 15 is 0 Å². The number of halogens is 2. The Labute approximate surface area is 248 Å². The number of nitrogens with one attached hydrogen (secondary N) is 1. The normalized spacial score (nSPS) is 15.8. The van der Waals surface area contributed by atoms with E-state index in [9.17, 15) is 9.18 Å². The van der Waals surface area contributed by atoms with Gasteiger partial charge in [0.25, 0.3) is 0 Å². The van der Waals surface area contributed by atoms with Gasteiger partial charge in [-0.25, -0.2) is 19.2 Å². The number of amides is 1. The minimum atomic E-state index is -0.492. The molecule has 0 radical (unpaired) electrons. The Hall–Kier alpha value is -3.99. The SMILES string of the molecule is O=C(OCc1ccccc1)N1CC(Nc2cc3c(-c4ccc(F)c(Cl)c4)ncnc3cc2OCCN2CCOCC2)C1. The molecule has 1 N–H and O–H groups in total. The Kier molecular flexibility index (Phi) is 8.64. The highest BCUT2D eigenvalue weighted by Crippen LogP contribution is 2.36. The molecule has 2 aliphatic rings. The van der Waals surface area contributed by atoms with Crippen LogP contribution < -0.4 is 10.1 Å². The summed E-state index contributed by atoms with van der Waals surface area (Å²) >= 11 is 6.08. The van der Waals surface area contributed by atoms with E-state index in [4.69, 9.17) is 25.8 Å². The first-order chi connectivity index (χ1) is 20.5. The average Bonchev–Trinajstić information content (AvgIpc) is 2.99. The molecule has 0 unspecified atom stereocenters. The van der Waals surface area contributed by atoms with Crippen molar-refractivity contribution in [3.8, 4) is 17.0 Å². The number of carbonyl (C=O) groups excluding carboxylic acids is 1. The number of anilines is 1. The fourth-order valence-electron chi connectivity index (χ4n) is 5.05. The Balaban J connectivity index is 1.19. The molecule has 11 heteroatoms. The lowest BCUT2D eigenvalue weighted by Crippen LogP contribution is -2.57. The van der Waals surface area contributed by atoms with Gasteiger partial charge >= 0.3 is 6.09 Å². The third kappa shape index (κ3) is 6.56. The molecule has 1 aromatic heterocycles. The van der Waals surface area contributed by atoms with Crippen molar-refractivity contribution in [3.63, 3.8) is 0 Å². The molecular formula is C31H31ClFN5O4. The molecule has 1 amide bonds. The van der Waals surface area contributed by atoms with Crippen LogP contribution in [-0.4, -0.2) is 84.4 Å². The third-order valence-corrected chi connectivity index (χ3v) is 7.69. The smallest absolute Gasteiger partial charge is 0.410 e. The summed E-state index contributed by atoms with van der Waals surface area (Å²) in [5, 5.41) is 4.32. The van der Waals surface area contributed by atoms with Gasteiger partial charge in [-0.3, -0.25) is 4.90 Å². The van der Waals surface area contributed by atoms with Crippen LogP contribution in [0.5, 0.6) is 5.75 Å². The predicted molar refractivity (Wildman–Crippen MR) is 158 cm³/mol. The highest BCUT2D eigenvalue weighted by molar-refractivity contribution is 6.31. The number of ether oxygens (including phenoxy) is 3. The molecule has 2 fully saturated rings. The number of rotatable bonds is 9. The number of hydrogen-bond acceptors (Lipinski definition) is 8. The number of benzene rings is 3. The maximum absolute atomic E-state index is 13.9. The summed E-state index contributed by atoms with van der Waals surface area (Å²) in [5.74, 6) is 0.163. The van der Waals surface area contributed by atoms with E-state index in [1.165, 1.54) is 12.4 Å². The number of carbonyl (C=O) groups is 1. The lowest BCUT2D eigenvalue weighted by Gasteiger charge is -2.39. The van der Waals surface area contributed by atoms with E-state index in [0.717, 1.165) is 49.5 Å². The van der Waals surface area contributed by atoms with Crippen LogP contribution in [0.25, 0.3) is 22.2 Å². The monoisotopic (exact) mass is 591 g/mol. The van der Waals surface area contributed by atoms with Crippen molar-refractivity contribution in [2.24, 2.45) is 0 Å². The summed E-state index contributed by atoms with van der Waals surface area (Å²) < 4.78 is 31.1. The van der Waals surface area contributed by atoms with Gasteiger partial charge in [0.15, 0.2) is 0 Å². The number of morpholine rings is 1. The largest absolute Gasteiger partial charge is 0.490 e. The van der Waals surface area contributed by atoms with Crippen LogP contribution in [-0.2, 0) is 16.1 Å². The summed E-state index contributed by atoms with van der Waals surface area (Å²) in [6.45, 7) is 5.68.